The van der Waals surface area contributed by atoms with Crippen LogP contribution in [-0.4, -0.2) is 40.4 Å². The summed E-state index contributed by atoms with van der Waals surface area (Å²) in [7, 11) is 1.31. The Morgan fingerprint density at radius 2 is 1.88 bits per heavy atom. The van der Waals surface area contributed by atoms with Crippen LogP contribution in [0.1, 0.15) is 63.0 Å². The van der Waals surface area contributed by atoms with Crippen molar-refractivity contribution in [3.63, 3.8) is 0 Å². The predicted octanol–water partition coefficient (Wildman–Crippen LogP) is 5.79. The minimum absolute atomic E-state index is 0.0344. The van der Waals surface area contributed by atoms with E-state index in [1.165, 1.54) is 24.9 Å². The molecule has 1 aromatic carbocycles. The summed E-state index contributed by atoms with van der Waals surface area (Å²) < 4.78 is 45.9. The molecule has 0 saturated heterocycles. The number of amides is 1. The van der Waals surface area contributed by atoms with Crippen LogP contribution >= 0.6 is 0 Å². The summed E-state index contributed by atoms with van der Waals surface area (Å²) in [6.07, 6.45) is 1.72. The zero-order chi connectivity index (χ0) is 30.5. The molecule has 8 nitrogen and oxygen atoms in total. The molecule has 222 valence electrons. The van der Waals surface area contributed by atoms with Crippen molar-refractivity contribution in [2.24, 2.45) is 0 Å². The minimum Gasteiger partial charge on any atom is -0.450 e. The van der Waals surface area contributed by atoms with E-state index in [2.05, 4.69) is 31.1 Å². The van der Waals surface area contributed by atoms with Gasteiger partial charge in [0.2, 0.25) is 5.95 Å². The SMILES string of the molecule is CCc1c(C)c(C)c(C)c2c(C)c(C(=O)N3CCc4nc(NC=C5C=CC(C(F)(F)F)=CC5)n(OC)c(=O)c4C3)oc12. The number of carbonyl (C=O) groups is 1. The lowest BCUT2D eigenvalue weighted by atomic mass is 9.92. The van der Waals surface area contributed by atoms with Crippen molar-refractivity contribution < 1.29 is 27.2 Å². The molecule has 0 atom stereocenters. The maximum atomic E-state index is 13.7. The summed E-state index contributed by atoms with van der Waals surface area (Å²) in [5.41, 5.74) is 6.28. The Morgan fingerprint density at radius 1 is 1.14 bits per heavy atom. The Morgan fingerprint density at radius 3 is 2.50 bits per heavy atom. The molecule has 2 aromatic heterocycles. The van der Waals surface area contributed by atoms with E-state index in [4.69, 9.17) is 9.25 Å². The molecule has 42 heavy (non-hydrogen) atoms. The highest BCUT2D eigenvalue weighted by Crippen LogP contribution is 2.36. The van der Waals surface area contributed by atoms with Crippen LogP contribution in [0.25, 0.3) is 11.0 Å². The van der Waals surface area contributed by atoms with Crippen LogP contribution in [0, 0.1) is 27.7 Å². The summed E-state index contributed by atoms with van der Waals surface area (Å²) in [6, 6.07) is 0. The van der Waals surface area contributed by atoms with Crippen LogP contribution in [0.3, 0.4) is 0 Å². The fourth-order valence-corrected chi connectivity index (χ4v) is 5.74. The van der Waals surface area contributed by atoms with Crippen molar-refractivity contribution in [2.45, 2.75) is 66.6 Å². The number of anilines is 1. The van der Waals surface area contributed by atoms with Gasteiger partial charge in [0, 0.05) is 30.1 Å². The number of nitrogens with one attached hydrogen (secondary N) is 1. The highest BCUT2D eigenvalue weighted by molar-refractivity contribution is 6.01. The van der Waals surface area contributed by atoms with Crippen LogP contribution in [0.15, 0.2) is 44.8 Å². The molecule has 1 amide bonds. The minimum atomic E-state index is -4.40. The van der Waals surface area contributed by atoms with E-state index in [9.17, 15) is 22.8 Å². The van der Waals surface area contributed by atoms with Gasteiger partial charge in [0.25, 0.3) is 11.5 Å². The normalized spacial score (nSPS) is 16.2. The molecule has 0 unspecified atom stereocenters. The van der Waals surface area contributed by atoms with E-state index in [-0.39, 0.29) is 30.6 Å². The molecular formula is C31H33F3N4O4. The molecular weight excluding hydrogens is 549 g/mol. The molecule has 0 saturated carbocycles. The van der Waals surface area contributed by atoms with Crippen molar-refractivity contribution >= 4 is 22.8 Å². The lowest BCUT2D eigenvalue weighted by molar-refractivity contribution is -0.0885. The van der Waals surface area contributed by atoms with Gasteiger partial charge in [0.05, 0.1) is 23.4 Å². The molecule has 5 rings (SSSR count). The first-order valence-electron chi connectivity index (χ1n) is 13.8. The van der Waals surface area contributed by atoms with E-state index < -0.39 is 17.3 Å². The zero-order valence-corrected chi connectivity index (χ0v) is 24.5. The number of hydrogen-bond acceptors (Lipinski definition) is 6. The summed E-state index contributed by atoms with van der Waals surface area (Å²) in [5, 5.41) is 3.85. The van der Waals surface area contributed by atoms with Gasteiger partial charge >= 0.3 is 6.18 Å². The molecule has 0 radical (unpaired) electrons. The zero-order valence-electron chi connectivity index (χ0n) is 24.5. The van der Waals surface area contributed by atoms with Gasteiger partial charge in [-0.05, 0) is 74.4 Å². The van der Waals surface area contributed by atoms with E-state index in [1.807, 2.05) is 13.8 Å². The van der Waals surface area contributed by atoms with Gasteiger partial charge < -0.3 is 19.5 Å². The topological polar surface area (TPSA) is 89.6 Å². The van der Waals surface area contributed by atoms with Gasteiger partial charge in [-0.2, -0.15) is 13.2 Å². The quantitative estimate of drug-likeness (QED) is 0.410. The molecule has 0 bridgehead atoms. The summed E-state index contributed by atoms with van der Waals surface area (Å²) in [6.45, 7) is 10.5. The van der Waals surface area contributed by atoms with Crippen molar-refractivity contribution in [3.05, 3.63) is 90.8 Å². The van der Waals surface area contributed by atoms with Crippen LogP contribution in [0.2, 0.25) is 0 Å². The van der Waals surface area contributed by atoms with Gasteiger partial charge in [-0.15, -0.1) is 4.73 Å². The Bertz CT molecular complexity index is 1760. The average Bonchev–Trinajstić information content (AvgIpc) is 3.31. The molecule has 2 aliphatic rings. The average molecular weight is 583 g/mol. The van der Waals surface area contributed by atoms with Crippen LogP contribution < -0.4 is 15.7 Å². The molecule has 0 spiro atoms. The number of rotatable bonds is 5. The lowest BCUT2D eigenvalue weighted by Crippen LogP contribution is -2.42. The number of hydrogen-bond donors (Lipinski definition) is 1. The Kier molecular flexibility index (Phi) is 7.55. The number of aromatic nitrogens is 2. The van der Waals surface area contributed by atoms with Crippen molar-refractivity contribution in [1.82, 2.24) is 14.6 Å². The van der Waals surface area contributed by atoms with Crippen LogP contribution in [0.5, 0.6) is 0 Å². The van der Waals surface area contributed by atoms with Crippen LogP contribution in [0.4, 0.5) is 19.1 Å². The van der Waals surface area contributed by atoms with E-state index >= 15 is 0 Å². The van der Waals surface area contributed by atoms with Gasteiger partial charge in [-0.1, -0.05) is 19.1 Å². The monoisotopic (exact) mass is 582 g/mol. The van der Waals surface area contributed by atoms with Gasteiger partial charge in [-0.25, -0.2) is 4.98 Å². The smallest absolute Gasteiger partial charge is 0.416 e. The fourth-order valence-electron chi connectivity index (χ4n) is 5.74. The lowest BCUT2D eigenvalue weighted by Gasteiger charge is -2.28. The second kappa shape index (κ2) is 10.8. The van der Waals surface area contributed by atoms with E-state index in [1.54, 1.807) is 4.90 Å². The molecule has 3 aromatic rings. The van der Waals surface area contributed by atoms with Gasteiger partial charge in [0.1, 0.15) is 12.7 Å². The second-order valence-corrected chi connectivity index (χ2v) is 10.6. The maximum absolute atomic E-state index is 13.7. The first kappa shape index (κ1) is 29.2. The molecule has 1 N–H and O–H groups in total. The molecule has 1 aliphatic carbocycles. The number of furan rings is 1. The number of benzene rings is 1. The summed E-state index contributed by atoms with van der Waals surface area (Å²) in [4.78, 5) is 38.6. The number of carbonyl (C=O) groups excluding carboxylic acids is 1. The third kappa shape index (κ3) is 4.90. The Balaban J connectivity index is 1.42. The number of nitrogens with zero attached hydrogens (tertiary/aromatic N) is 3. The molecule has 11 heteroatoms. The summed E-state index contributed by atoms with van der Waals surface area (Å²) >= 11 is 0. The largest absolute Gasteiger partial charge is 0.450 e. The fraction of sp³-hybridized carbons (Fsp3) is 0.387. The first-order chi connectivity index (χ1) is 19.9. The van der Waals surface area contributed by atoms with Crippen molar-refractivity contribution in [2.75, 3.05) is 19.0 Å². The van der Waals surface area contributed by atoms with Crippen molar-refractivity contribution in [3.8, 4) is 0 Å². The number of aryl methyl sites for hydroxylation is 3. The van der Waals surface area contributed by atoms with Crippen LogP contribution in [-0.2, 0) is 19.4 Å². The van der Waals surface area contributed by atoms with Gasteiger partial charge in [-0.3, -0.25) is 9.59 Å². The second-order valence-electron chi connectivity index (χ2n) is 10.6. The summed E-state index contributed by atoms with van der Waals surface area (Å²) in [5.74, 6) is 0.0650. The maximum Gasteiger partial charge on any atom is 0.416 e. The van der Waals surface area contributed by atoms with E-state index in [0.29, 0.717) is 29.8 Å². The highest BCUT2D eigenvalue weighted by atomic mass is 19.4. The Labute approximate surface area is 241 Å². The third-order valence-electron chi connectivity index (χ3n) is 8.33. The molecule has 0 fully saturated rings. The number of allylic oxidation sites excluding steroid dienone is 5. The number of fused-ring (bicyclic) bond motifs is 2. The van der Waals surface area contributed by atoms with Gasteiger partial charge in [0.15, 0.2) is 5.76 Å². The van der Waals surface area contributed by atoms with Crippen molar-refractivity contribution in [1.29, 1.82) is 0 Å². The predicted molar refractivity (Wildman–Crippen MR) is 154 cm³/mol. The first-order valence-corrected chi connectivity index (χ1v) is 13.8. The highest BCUT2D eigenvalue weighted by Gasteiger charge is 2.33. The molecule has 1 aliphatic heterocycles. The number of alkyl halides is 3. The number of halogens is 3. The van der Waals surface area contributed by atoms with E-state index in [0.717, 1.165) is 56.5 Å². The standard InChI is InChI=1S/C31H33F3N4O4/c1-7-22-17(3)16(2)18(4)25-19(5)26(42-27(22)25)29(40)37-13-12-24-23(15-37)28(39)38(41-6)30(36-24)35-14-20-8-10-21(11-9-20)31(32,33)34/h8,10-11,14H,7,9,12-13,15H2,1-6H3,(H,35,36). The molecule has 3 heterocycles. The Hall–Kier alpha value is -4.28. The third-order valence-corrected chi connectivity index (χ3v) is 8.33.